The predicted molar refractivity (Wildman–Crippen MR) is 112 cm³/mol. The Morgan fingerprint density at radius 3 is 2.53 bits per heavy atom. The van der Waals surface area contributed by atoms with Crippen molar-refractivity contribution in [2.24, 2.45) is 5.92 Å². The number of nitrogens with zero attached hydrogens (tertiary/aromatic N) is 1. The molecule has 6 heteroatoms. The number of carbonyl (C=O) groups is 2. The molecule has 1 saturated carbocycles. The lowest BCUT2D eigenvalue weighted by atomic mass is 9.97. The zero-order chi connectivity index (χ0) is 20.5. The van der Waals surface area contributed by atoms with Gasteiger partial charge in [-0.25, -0.2) is 0 Å². The van der Waals surface area contributed by atoms with Gasteiger partial charge in [-0.3, -0.25) is 9.59 Å². The first-order valence-electron chi connectivity index (χ1n) is 10.7. The van der Waals surface area contributed by atoms with Gasteiger partial charge in [0.25, 0.3) is 5.91 Å². The highest BCUT2D eigenvalue weighted by atomic mass is 16.6. The van der Waals surface area contributed by atoms with Gasteiger partial charge in [-0.2, -0.15) is 0 Å². The van der Waals surface area contributed by atoms with E-state index in [1.807, 2.05) is 0 Å². The molecule has 2 fully saturated rings. The fourth-order valence-electron chi connectivity index (χ4n) is 4.35. The normalized spacial score (nSPS) is 20.7. The lowest BCUT2D eigenvalue weighted by Crippen LogP contribution is -2.32. The van der Waals surface area contributed by atoms with E-state index in [0.717, 1.165) is 25.6 Å². The Kier molecular flexibility index (Phi) is 5.17. The van der Waals surface area contributed by atoms with Gasteiger partial charge >= 0.3 is 0 Å². The van der Waals surface area contributed by atoms with Crippen molar-refractivity contribution >= 4 is 11.7 Å². The van der Waals surface area contributed by atoms with E-state index in [2.05, 4.69) is 10.2 Å². The summed E-state index contributed by atoms with van der Waals surface area (Å²) in [7, 11) is 0. The molecule has 0 bridgehead atoms. The number of nitrogens with one attached hydrogen (secondary N) is 1. The zero-order valence-corrected chi connectivity index (χ0v) is 16.9. The molecule has 1 amide bonds. The van der Waals surface area contributed by atoms with Crippen LogP contribution in [-0.4, -0.2) is 55.5 Å². The smallest absolute Gasteiger partial charge is 0.252 e. The molecule has 1 N–H and O–H groups in total. The molecule has 2 aliphatic heterocycles. The third-order valence-electron chi connectivity index (χ3n) is 6.15. The van der Waals surface area contributed by atoms with Crippen molar-refractivity contribution in [2.75, 3.05) is 32.8 Å². The number of hydrogen-bond donors (Lipinski definition) is 1. The number of benzene rings is 2. The molecule has 2 heterocycles. The van der Waals surface area contributed by atoms with Crippen LogP contribution >= 0.6 is 0 Å². The number of rotatable bonds is 6. The fraction of sp³-hybridized carbons (Fsp3) is 0.417. The second-order valence-corrected chi connectivity index (χ2v) is 8.32. The van der Waals surface area contributed by atoms with Gasteiger partial charge in [0.1, 0.15) is 13.2 Å². The van der Waals surface area contributed by atoms with Crippen LogP contribution in [0.2, 0.25) is 0 Å². The first kappa shape index (κ1) is 19.1. The van der Waals surface area contributed by atoms with Gasteiger partial charge in [0.2, 0.25) is 0 Å². The molecule has 30 heavy (non-hydrogen) atoms. The SMILES string of the molecule is O=C(NCC1CCN(C2CC2)C1)c1ccccc1C(=O)c1ccc2c(c1)OCCO2. The van der Waals surface area contributed by atoms with E-state index in [9.17, 15) is 9.59 Å². The van der Waals surface area contributed by atoms with Gasteiger partial charge in [-0.1, -0.05) is 18.2 Å². The van der Waals surface area contributed by atoms with Gasteiger partial charge in [-0.15, -0.1) is 0 Å². The van der Waals surface area contributed by atoms with E-state index in [1.165, 1.54) is 12.8 Å². The maximum Gasteiger partial charge on any atom is 0.252 e. The standard InChI is InChI=1S/C24H26N2O4/c27-23(17-5-8-21-22(13-17)30-12-11-29-21)19-3-1-2-4-20(19)24(28)25-14-16-9-10-26(15-16)18-6-7-18/h1-5,8,13,16,18H,6-7,9-12,14-15H2,(H,25,28). The van der Waals surface area contributed by atoms with Crippen LogP contribution < -0.4 is 14.8 Å². The van der Waals surface area contributed by atoms with Crippen LogP contribution in [0.25, 0.3) is 0 Å². The molecule has 5 rings (SSSR count). The molecular weight excluding hydrogens is 380 g/mol. The Balaban J connectivity index is 1.28. The number of likely N-dealkylation sites (tertiary alicyclic amines) is 1. The topological polar surface area (TPSA) is 67.9 Å². The summed E-state index contributed by atoms with van der Waals surface area (Å²) in [5, 5.41) is 3.05. The number of ether oxygens (including phenoxy) is 2. The maximum absolute atomic E-state index is 13.2. The van der Waals surface area contributed by atoms with Crippen molar-refractivity contribution in [1.82, 2.24) is 10.2 Å². The van der Waals surface area contributed by atoms with Gasteiger partial charge < -0.3 is 19.7 Å². The molecule has 2 aromatic rings. The van der Waals surface area contributed by atoms with Crippen molar-refractivity contribution in [1.29, 1.82) is 0 Å². The van der Waals surface area contributed by atoms with E-state index in [0.29, 0.717) is 53.9 Å². The van der Waals surface area contributed by atoms with E-state index < -0.39 is 0 Å². The minimum absolute atomic E-state index is 0.193. The summed E-state index contributed by atoms with van der Waals surface area (Å²) in [6.45, 7) is 3.80. The molecule has 0 aromatic heterocycles. The molecule has 156 valence electrons. The number of hydrogen-bond acceptors (Lipinski definition) is 5. The van der Waals surface area contributed by atoms with Crippen molar-refractivity contribution < 1.29 is 19.1 Å². The first-order valence-corrected chi connectivity index (χ1v) is 10.7. The summed E-state index contributed by atoms with van der Waals surface area (Å²) >= 11 is 0. The minimum Gasteiger partial charge on any atom is -0.486 e. The van der Waals surface area contributed by atoms with Crippen LogP contribution in [0.15, 0.2) is 42.5 Å². The average Bonchev–Trinajstić information content (AvgIpc) is 3.54. The number of amides is 1. The summed E-state index contributed by atoms with van der Waals surface area (Å²) < 4.78 is 11.1. The summed E-state index contributed by atoms with van der Waals surface area (Å²) in [6, 6.07) is 12.9. The largest absolute Gasteiger partial charge is 0.486 e. The third kappa shape index (κ3) is 3.92. The van der Waals surface area contributed by atoms with E-state index in [1.54, 1.807) is 42.5 Å². The second kappa shape index (κ2) is 8.11. The van der Waals surface area contributed by atoms with E-state index in [-0.39, 0.29) is 11.7 Å². The van der Waals surface area contributed by atoms with Crippen LogP contribution in [0.3, 0.4) is 0 Å². The van der Waals surface area contributed by atoms with Crippen LogP contribution in [0.1, 0.15) is 45.5 Å². The molecule has 3 aliphatic rings. The molecule has 6 nitrogen and oxygen atoms in total. The Morgan fingerprint density at radius 2 is 1.73 bits per heavy atom. The molecule has 1 aliphatic carbocycles. The monoisotopic (exact) mass is 406 g/mol. The van der Waals surface area contributed by atoms with Crippen LogP contribution in [0.5, 0.6) is 11.5 Å². The number of carbonyl (C=O) groups excluding carboxylic acids is 2. The molecule has 0 spiro atoms. The fourth-order valence-corrected chi connectivity index (χ4v) is 4.35. The summed E-state index contributed by atoms with van der Waals surface area (Å²) in [4.78, 5) is 28.6. The summed E-state index contributed by atoms with van der Waals surface area (Å²) in [5.74, 6) is 1.30. The van der Waals surface area contributed by atoms with E-state index in [4.69, 9.17) is 9.47 Å². The van der Waals surface area contributed by atoms with Gasteiger partial charge in [0.05, 0.1) is 5.56 Å². The van der Waals surface area contributed by atoms with Crippen molar-refractivity contribution in [3.8, 4) is 11.5 Å². The molecule has 0 radical (unpaired) electrons. The molecule has 1 unspecified atom stereocenters. The highest BCUT2D eigenvalue weighted by Gasteiger charge is 2.34. The Morgan fingerprint density at radius 1 is 0.967 bits per heavy atom. The lowest BCUT2D eigenvalue weighted by molar-refractivity contribution is 0.0936. The maximum atomic E-state index is 13.2. The van der Waals surface area contributed by atoms with Crippen molar-refractivity contribution in [2.45, 2.75) is 25.3 Å². The number of fused-ring (bicyclic) bond motifs is 1. The third-order valence-corrected chi connectivity index (χ3v) is 6.15. The van der Waals surface area contributed by atoms with Gasteiger partial charge in [0.15, 0.2) is 17.3 Å². The molecule has 1 atom stereocenters. The van der Waals surface area contributed by atoms with E-state index >= 15 is 0 Å². The minimum atomic E-state index is -0.196. The first-order chi connectivity index (χ1) is 14.7. The molecular formula is C24H26N2O4. The molecule has 2 aromatic carbocycles. The second-order valence-electron chi connectivity index (χ2n) is 8.32. The average molecular weight is 406 g/mol. The predicted octanol–water partition coefficient (Wildman–Crippen LogP) is 2.90. The quantitative estimate of drug-likeness (QED) is 0.747. The Hall–Kier alpha value is -2.86. The van der Waals surface area contributed by atoms with Crippen LogP contribution in [0.4, 0.5) is 0 Å². The summed E-state index contributed by atoms with van der Waals surface area (Å²) in [6.07, 6.45) is 3.75. The Labute approximate surface area is 176 Å². The van der Waals surface area contributed by atoms with Gasteiger partial charge in [0, 0.05) is 30.3 Å². The van der Waals surface area contributed by atoms with Crippen molar-refractivity contribution in [3.05, 3.63) is 59.2 Å². The highest BCUT2D eigenvalue weighted by Crippen LogP contribution is 2.32. The van der Waals surface area contributed by atoms with Crippen LogP contribution in [-0.2, 0) is 0 Å². The number of ketones is 1. The van der Waals surface area contributed by atoms with Crippen molar-refractivity contribution in [3.63, 3.8) is 0 Å². The highest BCUT2D eigenvalue weighted by molar-refractivity contribution is 6.15. The van der Waals surface area contributed by atoms with Crippen LogP contribution in [0, 0.1) is 5.92 Å². The summed E-state index contributed by atoms with van der Waals surface area (Å²) in [5.41, 5.74) is 1.29. The lowest BCUT2D eigenvalue weighted by Gasteiger charge is -2.19. The zero-order valence-electron chi connectivity index (χ0n) is 16.9. The van der Waals surface area contributed by atoms with Gasteiger partial charge in [-0.05, 0) is 56.0 Å². The molecule has 1 saturated heterocycles. The Bertz CT molecular complexity index is 969.